The van der Waals surface area contributed by atoms with E-state index >= 15 is 0 Å². The van der Waals surface area contributed by atoms with Crippen LogP contribution in [0.15, 0.2) is 36.5 Å². The van der Waals surface area contributed by atoms with Crippen molar-refractivity contribution in [2.24, 2.45) is 0 Å². The Hall–Kier alpha value is -2.68. The molecule has 0 aliphatic carbocycles. The predicted molar refractivity (Wildman–Crippen MR) is 100 cm³/mol. The van der Waals surface area contributed by atoms with E-state index in [-0.39, 0.29) is 6.61 Å². The number of aliphatic hydroxyl groups is 2. The fourth-order valence-electron chi connectivity index (χ4n) is 3.27. The van der Waals surface area contributed by atoms with Crippen LogP contribution >= 0.6 is 0 Å². The van der Waals surface area contributed by atoms with Gasteiger partial charge in [-0.3, -0.25) is 0 Å². The van der Waals surface area contributed by atoms with Crippen molar-refractivity contribution in [1.82, 2.24) is 14.5 Å². The molecule has 0 saturated carbocycles. The lowest BCUT2D eigenvalue weighted by atomic mass is 10.2. The first-order valence-corrected chi connectivity index (χ1v) is 8.79. The van der Waals surface area contributed by atoms with Crippen molar-refractivity contribution >= 4 is 22.7 Å². The summed E-state index contributed by atoms with van der Waals surface area (Å²) >= 11 is 0. The minimum Gasteiger partial charge on any atom is -0.480 e. The number of benzene rings is 1. The topological polar surface area (TPSA) is 102 Å². The Morgan fingerprint density at radius 1 is 1.26 bits per heavy atom. The number of nitrogens with one attached hydrogen (secondary N) is 1. The SMILES string of the molecule is COc1nc(Nc2ccc(C)cc2)nc2c1ccn2[C@H]1C[C@H](O)[C@@H](CO)O1. The zero-order chi connectivity index (χ0) is 19.0. The Bertz CT molecular complexity index is 941. The van der Waals surface area contributed by atoms with Gasteiger partial charge in [0.2, 0.25) is 11.8 Å². The predicted octanol–water partition coefficient (Wildman–Crippen LogP) is 2.13. The Kier molecular flexibility index (Phi) is 4.69. The molecule has 0 bridgehead atoms. The second-order valence-corrected chi connectivity index (χ2v) is 6.62. The molecule has 0 amide bonds. The van der Waals surface area contributed by atoms with Crippen molar-refractivity contribution in [3.63, 3.8) is 0 Å². The van der Waals surface area contributed by atoms with Gasteiger partial charge in [-0.2, -0.15) is 9.97 Å². The standard InChI is InChI=1S/C19H22N4O4/c1-11-3-5-12(6-4-11)20-19-21-17-13(18(22-19)26-2)7-8-23(17)16-9-14(25)15(10-24)27-16/h3-8,14-16,24-25H,9-10H2,1-2H3,(H,20,21,22)/t14-,15+,16+/m0/s1. The first-order chi connectivity index (χ1) is 13.1. The van der Waals surface area contributed by atoms with Gasteiger partial charge < -0.3 is 29.6 Å². The van der Waals surface area contributed by atoms with Gasteiger partial charge in [0.05, 0.1) is 25.2 Å². The van der Waals surface area contributed by atoms with Gasteiger partial charge in [0.1, 0.15) is 12.3 Å². The second kappa shape index (κ2) is 7.15. The van der Waals surface area contributed by atoms with Crippen molar-refractivity contribution in [2.75, 3.05) is 19.0 Å². The van der Waals surface area contributed by atoms with Crippen molar-refractivity contribution in [1.29, 1.82) is 0 Å². The molecule has 3 atom stereocenters. The molecule has 8 heteroatoms. The van der Waals surface area contributed by atoms with E-state index in [4.69, 9.17) is 9.47 Å². The Balaban J connectivity index is 1.71. The largest absolute Gasteiger partial charge is 0.480 e. The number of aryl methyl sites for hydroxylation is 1. The summed E-state index contributed by atoms with van der Waals surface area (Å²) in [5.74, 6) is 0.853. The molecule has 1 aliphatic rings. The van der Waals surface area contributed by atoms with Gasteiger partial charge >= 0.3 is 0 Å². The number of ether oxygens (including phenoxy) is 2. The van der Waals surface area contributed by atoms with E-state index in [1.165, 1.54) is 5.56 Å². The van der Waals surface area contributed by atoms with E-state index in [2.05, 4.69) is 15.3 Å². The molecule has 2 aromatic heterocycles. The third-order valence-corrected chi connectivity index (χ3v) is 4.73. The fraction of sp³-hybridized carbons (Fsp3) is 0.368. The number of hydrogen-bond acceptors (Lipinski definition) is 7. The summed E-state index contributed by atoms with van der Waals surface area (Å²) in [5.41, 5.74) is 2.67. The number of rotatable bonds is 5. The van der Waals surface area contributed by atoms with Gasteiger partial charge in [-0.25, -0.2) is 0 Å². The van der Waals surface area contributed by atoms with E-state index in [1.807, 2.05) is 48.0 Å². The summed E-state index contributed by atoms with van der Waals surface area (Å²) in [6.07, 6.45) is 0.477. The van der Waals surface area contributed by atoms with Gasteiger partial charge in [0.25, 0.3) is 0 Å². The van der Waals surface area contributed by atoms with Crippen LogP contribution in [0.3, 0.4) is 0 Å². The van der Waals surface area contributed by atoms with Crippen molar-refractivity contribution in [3.8, 4) is 5.88 Å². The van der Waals surface area contributed by atoms with Crippen molar-refractivity contribution < 1.29 is 19.7 Å². The van der Waals surface area contributed by atoms with Gasteiger partial charge in [0.15, 0.2) is 5.65 Å². The van der Waals surface area contributed by atoms with E-state index in [0.29, 0.717) is 23.9 Å². The molecule has 1 saturated heterocycles. The van der Waals surface area contributed by atoms with Crippen molar-refractivity contribution in [3.05, 3.63) is 42.1 Å². The molecule has 8 nitrogen and oxygen atoms in total. The number of hydrogen-bond donors (Lipinski definition) is 3. The molecule has 0 radical (unpaired) electrons. The Morgan fingerprint density at radius 3 is 2.70 bits per heavy atom. The normalized spacial score (nSPS) is 22.3. The maximum Gasteiger partial charge on any atom is 0.232 e. The lowest BCUT2D eigenvalue weighted by Crippen LogP contribution is -2.24. The molecule has 3 aromatic rings. The van der Waals surface area contributed by atoms with Crippen LogP contribution in [0.25, 0.3) is 11.0 Å². The second-order valence-electron chi connectivity index (χ2n) is 6.62. The molecule has 142 valence electrons. The summed E-state index contributed by atoms with van der Waals surface area (Å²) in [7, 11) is 1.56. The lowest BCUT2D eigenvalue weighted by Gasteiger charge is -2.15. The molecule has 3 heterocycles. The minimum absolute atomic E-state index is 0.227. The molecular formula is C19H22N4O4. The molecule has 3 N–H and O–H groups in total. The van der Waals surface area contributed by atoms with Crippen LogP contribution in [0.4, 0.5) is 11.6 Å². The number of aliphatic hydroxyl groups excluding tert-OH is 2. The molecule has 27 heavy (non-hydrogen) atoms. The summed E-state index contributed by atoms with van der Waals surface area (Å²) in [4.78, 5) is 9.05. The average Bonchev–Trinajstić information content (AvgIpc) is 3.26. The number of nitrogens with zero attached hydrogens (tertiary/aromatic N) is 3. The van der Waals surface area contributed by atoms with Crippen LogP contribution in [-0.4, -0.2) is 50.7 Å². The van der Waals surface area contributed by atoms with Crippen LogP contribution in [0.5, 0.6) is 5.88 Å². The quantitative estimate of drug-likeness (QED) is 0.632. The Labute approximate surface area is 156 Å². The zero-order valence-corrected chi connectivity index (χ0v) is 15.2. The third-order valence-electron chi connectivity index (χ3n) is 4.73. The maximum absolute atomic E-state index is 10.0. The highest BCUT2D eigenvalue weighted by molar-refractivity contribution is 5.83. The highest BCUT2D eigenvalue weighted by Gasteiger charge is 2.35. The number of methoxy groups -OCH3 is 1. The van der Waals surface area contributed by atoms with Crippen LogP contribution in [0, 0.1) is 6.92 Å². The monoisotopic (exact) mass is 370 g/mol. The molecule has 0 spiro atoms. The Morgan fingerprint density at radius 2 is 2.04 bits per heavy atom. The summed E-state index contributed by atoms with van der Waals surface area (Å²) < 4.78 is 13.0. The van der Waals surface area contributed by atoms with Crippen LogP contribution in [0.2, 0.25) is 0 Å². The number of fused-ring (bicyclic) bond motifs is 1. The molecule has 0 unspecified atom stereocenters. The van der Waals surface area contributed by atoms with E-state index in [9.17, 15) is 10.2 Å². The van der Waals surface area contributed by atoms with Gasteiger partial charge in [-0.15, -0.1) is 0 Å². The average molecular weight is 370 g/mol. The van der Waals surface area contributed by atoms with E-state index in [0.717, 1.165) is 11.1 Å². The van der Waals surface area contributed by atoms with Crippen molar-refractivity contribution in [2.45, 2.75) is 31.8 Å². The van der Waals surface area contributed by atoms with Crippen LogP contribution < -0.4 is 10.1 Å². The maximum atomic E-state index is 10.0. The van der Waals surface area contributed by atoms with Crippen LogP contribution in [-0.2, 0) is 4.74 Å². The van der Waals surface area contributed by atoms with Gasteiger partial charge in [0, 0.05) is 18.3 Å². The minimum atomic E-state index is -0.716. The van der Waals surface area contributed by atoms with E-state index in [1.54, 1.807) is 7.11 Å². The molecule has 1 aliphatic heterocycles. The zero-order valence-electron chi connectivity index (χ0n) is 15.2. The van der Waals surface area contributed by atoms with Gasteiger partial charge in [-0.05, 0) is 25.1 Å². The third kappa shape index (κ3) is 3.34. The molecule has 1 fully saturated rings. The summed E-state index contributed by atoms with van der Waals surface area (Å²) in [6, 6.07) is 9.77. The fourth-order valence-corrected chi connectivity index (χ4v) is 3.27. The first kappa shape index (κ1) is 17.7. The highest BCUT2D eigenvalue weighted by Crippen LogP contribution is 2.34. The summed E-state index contributed by atoms with van der Waals surface area (Å²) in [5, 5.41) is 23.3. The van der Waals surface area contributed by atoms with Crippen LogP contribution in [0.1, 0.15) is 18.2 Å². The molecule has 1 aromatic carbocycles. The highest BCUT2D eigenvalue weighted by atomic mass is 16.5. The molecular weight excluding hydrogens is 348 g/mol. The molecule has 4 rings (SSSR count). The van der Waals surface area contributed by atoms with E-state index < -0.39 is 18.4 Å². The smallest absolute Gasteiger partial charge is 0.232 e. The number of aromatic nitrogens is 3. The van der Waals surface area contributed by atoms with Gasteiger partial charge in [-0.1, -0.05) is 17.7 Å². The lowest BCUT2D eigenvalue weighted by molar-refractivity contribution is -0.0430. The summed E-state index contributed by atoms with van der Waals surface area (Å²) in [6.45, 7) is 1.80. The number of anilines is 2. The first-order valence-electron chi connectivity index (χ1n) is 8.79.